The number of carbonyl (C=O) groups excluding carboxylic acids is 1. The van der Waals surface area contributed by atoms with E-state index in [1.165, 1.54) is 17.3 Å². The van der Waals surface area contributed by atoms with Crippen molar-refractivity contribution < 1.29 is 9.53 Å². The highest BCUT2D eigenvalue weighted by Gasteiger charge is 2.31. The number of nitrogens with one attached hydrogen (secondary N) is 1. The van der Waals surface area contributed by atoms with Crippen molar-refractivity contribution in [2.45, 2.75) is 18.0 Å². The van der Waals surface area contributed by atoms with Gasteiger partial charge in [0.25, 0.3) is 5.91 Å². The van der Waals surface area contributed by atoms with E-state index in [9.17, 15) is 4.79 Å². The van der Waals surface area contributed by atoms with Crippen LogP contribution in [-0.2, 0) is 11.8 Å². The smallest absolute Gasteiger partial charge is 0.250 e. The third kappa shape index (κ3) is 5.16. The lowest BCUT2D eigenvalue weighted by Crippen LogP contribution is -2.22. The fourth-order valence-corrected chi connectivity index (χ4v) is 5.71. The molecule has 6 nitrogen and oxygen atoms in total. The average molecular weight is 545 g/mol. The zero-order valence-electron chi connectivity index (χ0n) is 22.2. The number of benzene rings is 4. The van der Waals surface area contributed by atoms with Gasteiger partial charge in [-0.1, -0.05) is 102 Å². The van der Waals surface area contributed by atoms with Crippen molar-refractivity contribution in [1.82, 2.24) is 15.0 Å². The first kappa shape index (κ1) is 25.6. The number of para-hydroxylation sites is 3. The fourth-order valence-electron chi connectivity index (χ4n) is 4.93. The summed E-state index contributed by atoms with van der Waals surface area (Å²) < 4.78 is 8.47. The molecule has 0 aliphatic carbocycles. The molecule has 1 atom stereocenters. The lowest BCUT2D eigenvalue weighted by Gasteiger charge is -2.30. The molecule has 4 aromatic carbocycles. The van der Waals surface area contributed by atoms with Crippen molar-refractivity contribution in [1.29, 1.82) is 0 Å². The van der Waals surface area contributed by atoms with Gasteiger partial charge in [-0.3, -0.25) is 4.79 Å². The van der Waals surface area contributed by atoms with Crippen molar-refractivity contribution in [2.24, 2.45) is 12.1 Å². The molecule has 1 amide bonds. The first-order chi connectivity index (χ1) is 19.6. The van der Waals surface area contributed by atoms with Crippen LogP contribution in [0.5, 0.6) is 5.75 Å². The third-order valence-electron chi connectivity index (χ3n) is 6.93. The summed E-state index contributed by atoms with van der Waals surface area (Å²) in [7, 11) is 1.96. The summed E-state index contributed by atoms with van der Waals surface area (Å²) in [6.45, 7) is 2.08. The standard InChI is InChI=1S/C33H28N4O2S/c1-22-16-18-23(19-17-22)31-25-12-6-9-15-29(25)39-32(24-10-4-3-5-11-24)26(31)20-34-36-30(38)21-40-33-35-27-13-7-8-14-28(27)37(33)2/h3-20,31H,21H2,1-2H3,(H,36,38)/b34-20+. The Morgan fingerprint density at radius 3 is 2.50 bits per heavy atom. The van der Waals surface area contributed by atoms with Gasteiger partial charge in [0.15, 0.2) is 5.16 Å². The number of fused-ring (bicyclic) bond motifs is 2. The molecule has 5 aromatic rings. The minimum absolute atomic E-state index is 0.115. The number of thioether (sulfide) groups is 1. The Labute approximate surface area is 237 Å². The molecule has 0 radical (unpaired) electrons. The summed E-state index contributed by atoms with van der Waals surface area (Å²) in [5.74, 6) is 1.40. The predicted molar refractivity (Wildman–Crippen MR) is 162 cm³/mol. The first-order valence-electron chi connectivity index (χ1n) is 13.1. The molecule has 2 heterocycles. The lowest BCUT2D eigenvalue weighted by atomic mass is 9.81. The molecule has 7 heteroatoms. The fraction of sp³-hybridized carbons (Fsp3) is 0.121. The number of hydrazone groups is 1. The minimum atomic E-state index is -0.209. The Bertz CT molecular complexity index is 1740. The summed E-state index contributed by atoms with van der Waals surface area (Å²) in [4.78, 5) is 17.4. The molecule has 0 spiro atoms. The Hall–Kier alpha value is -4.62. The van der Waals surface area contributed by atoms with E-state index in [-0.39, 0.29) is 17.6 Å². The number of hydrogen-bond donors (Lipinski definition) is 1. The van der Waals surface area contributed by atoms with Gasteiger partial charge in [-0.25, -0.2) is 10.4 Å². The monoisotopic (exact) mass is 544 g/mol. The number of rotatable bonds is 7. The summed E-state index contributed by atoms with van der Waals surface area (Å²) in [5.41, 5.74) is 9.84. The molecule has 1 aromatic heterocycles. The Morgan fingerprint density at radius 1 is 0.975 bits per heavy atom. The van der Waals surface area contributed by atoms with Gasteiger partial charge >= 0.3 is 0 Å². The van der Waals surface area contributed by atoms with Crippen LogP contribution in [0.15, 0.2) is 119 Å². The highest BCUT2D eigenvalue weighted by atomic mass is 32.2. The number of amides is 1. The zero-order valence-corrected chi connectivity index (χ0v) is 23.1. The summed E-state index contributed by atoms with van der Waals surface area (Å²) in [5, 5.41) is 5.19. The van der Waals surface area contributed by atoms with Crippen molar-refractivity contribution >= 4 is 40.7 Å². The molecule has 0 fully saturated rings. The number of ether oxygens (including phenoxy) is 1. The van der Waals surface area contributed by atoms with Crippen LogP contribution in [-0.4, -0.2) is 27.4 Å². The van der Waals surface area contributed by atoms with Crippen LogP contribution in [0.1, 0.15) is 28.2 Å². The van der Waals surface area contributed by atoms with Gasteiger partial charge in [-0.2, -0.15) is 5.10 Å². The molecule has 40 heavy (non-hydrogen) atoms. The van der Waals surface area contributed by atoms with Crippen LogP contribution in [0.4, 0.5) is 0 Å². The van der Waals surface area contributed by atoms with Crippen LogP contribution in [0.3, 0.4) is 0 Å². The second-order valence-electron chi connectivity index (χ2n) is 9.66. The maximum Gasteiger partial charge on any atom is 0.250 e. The van der Waals surface area contributed by atoms with Crippen LogP contribution in [0, 0.1) is 6.92 Å². The number of hydrogen-bond acceptors (Lipinski definition) is 5. The van der Waals surface area contributed by atoms with Gasteiger partial charge < -0.3 is 9.30 Å². The normalized spacial score (nSPS) is 14.8. The van der Waals surface area contributed by atoms with Gasteiger partial charge in [0, 0.05) is 29.7 Å². The van der Waals surface area contributed by atoms with E-state index in [0.29, 0.717) is 0 Å². The SMILES string of the molecule is Cc1ccc(C2C(/C=N/NC(=O)CSc3nc4ccccc4n3C)=C(c3ccccc3)Oc3ccccc32)cc1. The minimum Gasteiger partial charge on any atom is -0.456 e. The number of imidazole rings is 1. The Balaban J connectivity index is 1.29. The highest BCUT2D eigenvalue weighted by Crippen LogP contribution is 2.45. The van der Waals surface area contributed by atoms with Crippen molar-refractivity contribution in [2.75, 3.05) is 5.75 Å². The summed E-state index contributed by atoms with van der Waals surface area (Å²) in [6.07, 6.45) is 1.72. The van der Waals surface area contributed by atoms with Crippen molar-refractivity contribution in [3.05, 3.63) is 131 Å². The van der Waals surface area contributed by atoms with Gasteiger partial charge in [-0.15, -0.1) is 0 Å². The summed E-state index contributed by atoms with van der Waals surface area (Å²) in [6, 6.07) is 34.5. The van der Waals surface area contributed by atoms with Gasteiger partial charge in [0.2, 0.25) is 0 Å². The van der Waals surface area contributed by atoms with Crippen LogP contribution >= 0.6 is 11.8 Å². The largest absolute Gasteiger partial charge is 0.456 e. The Morgan fingerprint density at radius 2 is 1.70 bits per heavy atom. The number of nitrogens with zero attached hydrogens (tertiary/aromatic N) is 3. The van der Waals surface area contributed by atoms with E-state index < -0.39 is 0 Å². The maximum absolute atomic E-state index is 12.8. The second-order valence-corrected chi connectivity index (χ2v) is 10.6. The third-order valence-corrected chi connectivity index (χ3v) is 7.96. The van der Waals surface area contributed by atoms with Crippen LogP contribution in [0.25, 0.3) is 16.8 Å². The first-order valence-corrected chi connectivity index (χ1v) is 14.1. The van der Waals surface area contributed by atoms with Crippen molar-refractivity contribution in [3.8, 4) is 5.75 Å². The van der Waals surface area contributed by atoms with Crippen LogP contribution in [0.2, 0.25) is 0 Å². The topological polar surface area (TPSA) is 68.5 Å². The number of aryl methyl sites for hydroxylation is 2. The van der Waals surface area contributed by atoms with Crippen molar-refractivity contribution in [3.63, 3.8) is 0 Å². The van der Waals surface area contributed by atoms with Gasteiger partial charge in [-0.05, 0) is 30.7 Å². The quantitative estimate of drug-likeness (QED) is 0.140. The number of aromatic nitrogens is 2. The number of carbonyl (C=O) groups is 1. The molecule has 1 aliphatic heterocycles. The molecule has 1 aliphatic rings. The van der Waals surface area contributed by atoms with E-state index in [0.717, 1.165) is 50.0 Å². The molecule has 0 bridgehead atoms. The molecule has 1 unspecified atom stereocenters. The molecule has 1 N–H and O–H groups in total. The molecular weight excluding hydrogens is 516 g/mol. The molecule has 0 saturated carbocycles. The van der Waals surface area contributed by atoms with E-state index in [1.807, 2.05) is 84.4 Å². The average Bonchev–Trinajstić information content (AvgIpc) is 3.32. The van der Waals surface area contributed by atoms with Gasteiger partial charge in [0.1, 0.15) is 11.5 Å². The van der Waals surface area contributed by atoms with E-state index in [4.69, 9.17) is 4.74 Å². The molecular formula is C33H28N4O2S. The maximum atomic E-state index is 12.8. The lowest BCUT2D eigenvalue weighted by molar-refractivity contribution is -0.118. The Kier molecular flexibility index (Phi) is 7.21. The second kappa shape index (κ2) is 11.2. The number of allylic oxidation sites excluding steroid dienone is 1. The molecule has 198 valence electrons. The molecule has 0 saturated heterocycles. The van der Waals surface area contributed by atoms with Gasteiger partial charge in [0.05, 0.1) is 23.0 Å². The molecule has 6 rings (SSSR count). The van der Waals surface area contributed by atoms with E-state index >= 15 is 0 Å². The highest BCUT2D eigenvalue weighted by molar-refractivity contribution is 7.99. The predicted octanol–water partition coefficient (Wildman–Crippen LogP) is 6.71. The zero-order chi connectivity index (χ0) is 27.5. The summed E-state index contributed by atoms with van der Waals surface area (Å²) >= 11 is 1.38. The van der Waals surface area contributed by atoms with E-state index in [2.05, 4.69) is 52.8 Å². The van der Waals surface area contributed by atoms with E-state index in [1.54, 1.807) is 6.21 Å². The van der Waals surface area contributed by atoms with Crippen LogP contribution < -0.4 is 10.2 Å².